The van der Waals surface area contributed by atoms with Gasteiger partial charge in [0.2, 0.25) is 0 Å². The first-order valence-electron chi connectivity index (χ1n) is 4.39. The summed E-state index contributed by atoms with van der Waals surface area (Å²) in [6, 6.07) is 3.67. The molecule has 2 nitrogen and oxygen atoms in total. The fourth-order valence-corrected chi connectivity index (χ4v) is 1.22. The molecule has 1 aromatic rings. The molecule has 0 spiro atoms. The maximum Gasteiger partial charge on any atom is 0.416 e. The number of halogens is 3. The highest BCUT2D eigenvalue weighted by atomic mass is 19.4. The van der Waals surface area contributed by atoms with Crippen molar-refractivity contribution in [3.63, 3.8) is 0 Å². The summed E-state index contributed by atoms with van der Waals surface area (Å²) in [6.07, 6.45) is -2.50. The van der Waals surface area contributed by atoms with Gasteiger partial charge in [-0.1, -0.05) is 12.1 Å². The van der Waals surface area contributed by atoms with Crippen molar-refractivity contribution in [2.24, 2.45) is 0 Å². The average Bonchev–Trinajstić information content (AvgIpc) is 2.14. The maximum atomic E-state index is 12.5. The van der Waals surface area contributed by atoms with Gasteiger partial charge in [-0.25, -0.2) is 4.79 Å². The van der Waals surface area contributed by atoms with Crippen LogP contribution in [-0.4, -0.2) is 11.1 Å². The van der Waals surface area contributed by atoms with Crippen LogP contribution in [0, 0.1) is 6.92 Å². The van der Waals surface area contributed by atoms with E-state index in [1.54, 1.807) is 0 Å². The first-order valence-corrected chi connectivity index (χ1v) is 4.39. The van der Waals surface area contributed by atoms with Gasteiger partial charge in [-0.3, -0.25) is 0 Å². The molecule has 0 saturated carbocycles. The zero-order valence-corrected chi connectivity index (χ0v) is 8.38. The van der Waals surface area contributed by atoms with E-state index in [1.807, 2.05) is 0 Å². The van der Waals surface area contributed by atoms with Crippen LogP contribution < -0.4 is 0 Å². The highest BCUT2D eigenvalue weighted by Gasteiger charge is 2.32. The minimum Gasteiger partial charge on any atom is -0.478 e. The minimum atomic E-state index is -4.42. The number of aryl methyl sites for hydroxylation is 1. The molecule has 0 aliphatic carbocycles. The molecule has 1 aromatic carbocycles. The van der Waals surface area contributed by atoms with E-state index in [9.17, 15) is 18.0 Å². The summed E-state index contributed by atoms with van der Waals surface area (Å²) in [5.41, 5.74) is -0.430. The molecule has 86 valence electrons. The molecule has 0 radical (unpaired) electrons. The topological polar surface area (TPSA) is 37.3 Å². The molecular weight excluding hydrogens is 221 g/mol. The van der Waals surface area contributed by atoms with Gasteiger partial charge >= 0.3 is 12.1 Å². The van der Waals surface area contributed by atoms with Gasteiger partial charge < -0.3 is 5.11 Å². The number of hydrogen-bond donors (Lipinski definition) is 1. The van der Waals surface area contributed by atoms with E-state index in [1.165, 1.54) is 19.1 Å². The lowest BCUT2D eigenvalue weighted by molar-refractivity contribution is -0.138. The Kier molecular flexibility index (Phi) is 3.37. The highest BCUT2D eigenvalue weighted by Crippen LogP contribution is 2.32. The summed E-state index contributed by atoms with van der Waals surface area (Å²) in [6.45, 7) is 1.35. The molecule has 0 heterocycles. The molecule has 0 aliphatic heterocycles. The van der Waals surface area contributed by atoms with Crippen molar-refractivity contribution in [3.05, 3.63) is 41.0 Å². The summed E-state index contributed by atoms with van der Waals surface area (Å²) >= 11 is 0. The summed E-state index contributed by atoms with van der Waals surface area (Å²) < 4.78 is 37.5. The average molecular weight is 230 g/mol. The van der Waals surface area contributed by atoms with Crippen LogP contribution in [0.1, 0.15) is 16.7 Å². The monoisotopic (exact) mass is 230 g/mol. The van der Waals surface area contributed by atoms with Gasteiger partial charge in [0.25, 0.3) is 0 Å². The van der Waals surface area contributed by atoms with E-state index in [4.69, 9.17) is 5.11 Å². The van der Waals surface area contributed by atoms with Gasteiger partial charge in [0.1, 0.15) is 0 Å². The number of aliphatic carboxylic acids is 1. The van der Waals surface area contributed by atoms with Gasteiger partial charge in [-0.15, -0.1) is 0 Å². The van der Waals surface area contributed by atoms with Crippen molar-refractivity contribution in [3.8, 4) is 0 Å². The Labute approximate surface area is 90.0 Å². The second kappa shape index (κ2) is 4.38. The fourth-order valence-electron chi connectivity index (χ4n) is 1.22. The van der Waals surface area contributed by atoms with Crippen LogP contribution in [0.15, 0.2) is 24.3 Å². The third-order valence-corrected chi connectivity index (χ3v) is 1.99. The largest absolute Gasteiger partial charge is 0.478 e. The molecule has 5 heteroatoms. The summed E-state index contributed by atoms with van der Waals surface area (Å²) in [5.74, 6) is -1.20. The van der Waals surface area contributed by atoms with Crippen LogP contribution in [0.4, 0.5) is 13.2 Å². The first kappa shape index (κ1) is 12.3. The molecule has 0 aromatic heterocycles. The Morgan fingerprint density at radius 1 is 1.38 bits per heavy atom. The molecule has 0 bridgehead atoms. The van der Waals surface area contributed by atoms with Gasteiger partial charge in [0.15, 0.2) is 0 Å². The van der Waals surface area contributed by atoms with E-state index in [0.29, 0.717) is 0 Å². The standard InChI is InChI=1S/C11H9F3O2/c1-7-2-3-8(4-5-10(15)16)6-9(7)11(12,13)14/h2-6H,1H3,(H,15,16)/b5-4+. The lowest BCUT2D eigenvalue weighted by Crippen LogP contribution is -2.07. The number of benzene rings is 1. The van der Waals surface area contributed by atoms with Crippen LogP contribution in [0.2, 0.25) is 0 Å². The molecule has 1 rings (SSSR count). The van der Waals surface area contributed by atoms with Crippen molar-refractivity contribution in [1.82, 2.24) is 0 Å². The Hall–Kier alpha value is -1.78. The number of rotatable bonds is 2. The lowest BCUT2D eigenvalue weighted by atomic mass is 10.0. The predicted octanol–water partition coefficient (Wildman–Crippen LogP) is 3.11. The van der Waals surface area contributed by atoms with Gasteiger partial charge in [0.05, 0.1) is 5.56 Å². The number of carbonyl (C=O) groups is 1. The minimum absolute atomic E-state index is 0.111. The smallest absolute Gasteiger partial charge is 0.416 e. The van der Waals surface area contributed by atoms with Crippen molar-refractivity contribution in [2.75, 3.05) is 0 Å². The molecule has 1 N–H and O–H groups in total. The summed E-state index contributed by atoms with van der Waals surface area (Å²) in [5, 5.41) is 8.35. The number of hydrogen-bond acceptors (Lipinski definition) is 1. The maximum absolute atomic E-state index is 12.5. The van der Waals surface area contributed by atoms with Crippen LogP contribution in [0.3, 0.4) is 0 Å². The Bertz CT molecular complexity index is 433. The second-order valence-corrected chi connectivity index (χ2v) is 3.24. The summed E-state index contributed by atoms with van der Waals surface area (Å²) in [7, 11) is 0. The van der Waals surface area contributed by atoms with E-state index < -0.39 is 17.7 Å². The fraction of sp³-hybridized carbons (Fsp3) is 0.182. The quantitative estimate of drug-likeness (QED) is 0.792. The summed E-state index contributed by atoms with van der Waals surface area (Å²) in [4.78, 5) is 10.2. The molecule has 0 amide bonds. The zero-order valence-electron chi connectivity index (χ0n) is 8.38. The number of alkyl halides is 3. The van der Waals surface area contributed by atoms with E-state index in [2.05, 4.69) is 0 Å². The molecule has 0 atom stereocenters. The Morgan fingerprint density at radius 3 is 2.50 bits per heavy atom. The third kappa shape index (κ3) is 3.12. The van der Waals surface area contributed by atoms with Crippen LogP contribution in [0.25, 0.3) is 6.08 Å². The van der Waals surface area contributed by atoms with Crippen LogP contribution in [-0.2, 0) is 11.0 Å². The molecule has 0 fully saturated rings. The number of carboxylic acid groups (broad SMARTS) is 1. The lowest BCUT2D eigenvalue weighted by Gasteiger charge is -2.10. The third-order valence-electron chi connectivity index (χ3n) is 1.99. The second-order valence-electron chi connectivity index (χ2n) is 3.24. The molecule has 16 heavy (non-hydrogen) atoms. The van der Waals surface area contributed by atoms with Gasteiger partial charge in [0, 0.05) is 6.08 Å². The molecule has 0 unspecified atom stereocenters. The van der Waals surface area contributed by atoms with Crippen molar-refractivity contribution in [2.45, 2.75) is 13.1 Å². The predicted molar refractivity (Wildman–Crippen MR) is 52.9 cm³/mol. The Morgan fingerprint density at radius 2 is 2.00 bits per heavy atom. The molecule has 0 aliphatic rings. The SMILES string of the molecule is Cc1ccc(/C=C/C(=O)O)cc1C(F)(F)F. The van der Waals surface area contributed by atoms with E-state index in [0.717, 1.165) is 18.2 Å². The zero-order chi connectivity index (χ0) is 12.3. The van der Waals surface area contributed by atoms with E-state index in [-0.39, 0.29) is 11.1 Å². The van der Waals surface area contributed by atoms with Crippen molar-refractivity contribution >= 4 is 12.0 Å². The number of carboxylic acids is 1. The first-order chi connectivity index (χ1) is 7.30. The normalized spacial score (nSPS) is 12.0. The van der Waals surface area contributed by atoms with Crippen LogP contribution in [0.5, 0.6) is 0 Å². The van der Waals surface area contributed by atoms with Gasteiger partial charge in [-0.2, -0.15) is 13.2 Å². The van der Waals surface area contributed by atoms with E-state index >= 15 is 0 Å². The van der Waals surface area contributed by atoms with Crippen molar-refractivity contribution < 1.29 is 23.1 Å². The molecular formula is C11H9F3O2. The van der Waals surface area contributed by atoms with Crippen LogP contribution >= 0.6 is 0 Å². The van der Waals surface area contributed by atoms with Gasteiger partial charge in [-0.05, 0) is 30.2 Å². The van der Waals surface area contributed by atoms with Crippen molar-refractivity contribution in [1.29, 1.82) is 0 Å². The highest BCUT2D eigenvalue weighted by molar-refractivity contribution is 5.85. The Balaban J connectivity index is 3.13. The molecule has 0 saturated heterocycles.